The molecule has 1 aliphatic rings. The van der Waals surface area contributed by atoms with Crippen molar-refractivity contribution in [2.45, 2.75) is 45.4 Å². The number of carbonyl (C=O) groups is 1. The van der Waals surface area contributed by atoms with Crippen molar-refractivity contribution in [1.82, 2.24) is 0 Å². The van der Waals surface area contributed by atoms with Crippen molar-refractivity contribution >= 4 is 11.5 Å². The number of unbranched alkanes of at least 4 members (excludes halogenated alkanes) is 2. The summed E-state index contributed by atoms with van der Waals surface area (Å²) in [4.78, 5) is 12.0. The summed E-state index contributed by atoms with van der Waals surface area (Å²) in [7, 11) is 0. The molecule has 0 saturated carbocycles. The Balaban J connectivity index is 2.18. The lowest BCUT2D eigenvalue weighted by Crippen LogP contribution is -2.07. The first-order valence-electron chi connectivity index (χ1n) is 8.33. The molecule has 2 rings (SSSR count). The van der Waals surface area contributed by atoms with Crippen LogP contribution < -0.4 is 5.32 Å². The summed E-state index contributed by atoms with van der Waals surface area (Å²) in [6.07, 6.45) is 9.27. The standard InChI is InChI=1S/C20H24N2O/c1-3-5-6-9-15-10-7-11-17(14-21)20(15)22-18-12-16(8-4-2)19(23)13-18/h4,7,10-11,13,16,22H,2-3,5-6,8-9,12H2,1H3. The molecule has 1 aliphatic carbocycles. The van der Waals surface area contributed by atoms with Crippen LogP contribution in [0.4, 0.5) is 5.69 Å². The SMILES string of the molecule is C=CCC1CC(Nc2c(C#N)cccc2CCCCC)=CC1=O. The van der Waals surface area contributed by atoms with Crippen molar-refractivity contribution in [3.8, 4) is 6.07 Å². The van der Waals surface area contributed by atoms with Gasteiger partial charge in [0.1, 0.15) is 6.07 Å². The van der Waals surface area contributed by atoms with E-state index in [4.69, 9.17) is 0 Å². The van der Waals surface area contributed by atoms with Gasteiger partial charge in [-0.1, -0.05) is 38.0 Å². The van der Waals surface area contributed by atoms with Gasteiger partial charge in [-0.25, -0.2) is 0 Å². The van der Waals surface area contributed by atoms with E-state index in [9.17, 15) is 10.1 Å². The second kappa shape index (κ2) is 8.33. The molecule has 0 aliphatic heterocycles. The topological polar surface area (TPSA) is 52.9 Å². The van der Waals surface area contributed by atoms with E-state index in [0.29, 0.717) is 18.4 Å². The van der Waals surface area contributed by atoms with Crippen molar-refractivity contribution in [2.24, 2.45) is 5.92 Å². The highest BCUT2D eigenvalue weighted by Crippen LogP contribution is 2.30. The normalized spacial score (nSPS) is 16.8. The summed E-state index contributed by atoms with van der Waals surface area (Å²) in [6, 6.07) is 8.08. The van der Waals surface area contributed by atoms with E-state index in [0.717, 1.165) is 29.8 Å². The van der Waals surface area contributed by atoms with E-state index in [1.54, 1.807) is 12.2 Å². The minimum atomic E-state index is -0.00668. The zero-order valence-corrected chi connectivity index (χ0v) is 13.8. The Morgan fingerprint density at radius 1 is 1.43 bits per heavy atom. The minimum absolute atomic E-state index is 0.00668. The van der Waals surface area contributed by atoms with Gasteiger partial charge in [-0.3, -0.25) is 4.79 Å². The van der Waals surface area contributed by atoms with Crippen molar-refractivity contribution in [3.05, 3.63) is 53.8 Å². The summed E-state index contributed by atoms with van der Waals surface area (Å²) in [5, 5.41) is 12.7. The Kier molecular flexibility index (Phi) is 6.17. The third-order valence-electron chi connectivity index (χ3n) is 4.24. The number of allylic oxidation sites excluding steroid dienone is 3. The van der Waals surface area contributed by atoms with Gasteiger partial charge >= 0.3 is 0 Å². The molecule has 0 saturated heterocycles. The first kappa shape index (κ1) is 17.0. The second-order valence-electron chi connectivity index (χ2n) is 6.03. The van der Waals surface area contributed by atoms with Crippen molar-refractivity contribution in [2.75, 3.05) is 5.32 Å². The van der Waals surface area contributed by atoms with Crippen molar-refractivity contribution < 1.29 is 4.79 Å². The van der Waals surface area contributed by atoms with Gasteiger partial charge < -0.3 is 5.32 Å². The van der Waals surface area contributed by atoms with Gasteiger partial charge in [-0.15, -0.1) is 6.58 Å². The van der Waals surface area contributed by atoms with Gasteiger partial charge in [0.15, 0.2) is 5.78 Å². The molecule has 120 valence electrons. The monoisotopic (exact) mass is 308 g/mol. The molecule has 0 fully saturated rings. The number of carbonyl (C=O) groups excluding carboxylic acids is 1. The number of anilines is 1. The molecule has 0 heterocycles. The van der Waals surface area contributed by atoms with E-state index in [1.165, 1.54) is 12.8 Å². The van der Waals surface area contributed by atoms with Crippen LogP contribution >= 0.6 is 0 Å². The van der Waals surface area contributed by atoms with E-state index in [-0.39, 0.29) is 11.7 Å². The summed E-state index contributed by atoms with van der Waals surface area (Å²) in [6.45, 7) is 5.89. The largest absolute Gasteiger partial charge is 0.357 e. The summed E-state index contributed by atoms with van der Waals surface area (Å²) >= 11 is 0. The third kappa shape index (κ3) is 4.32. The first-order valence-corrected chi connectivity index (χ1v) is 8.33. The molecular formula is C20H24N2O. The highest BCUT2D eigenvalue weighted by Gasteiger charge is 2.25. The minimum Gasteiger partial charge on any atom is -0.357 e. The zero-order valence-electron chi connectivity index (χ0n) is 13.8. The first-order chi connectivity index (χ1) is 11.2. The number of rotatable bonds is 8. The smallest absolute Gasteiger partial charge is 0.161 e. The van der Waals surface area contributed by atoms with E-state index in [1.807, 2.05) is 12.1 Å². The number of aryl methyl sites for hydroxylation is 1. The molecule has 1 aromatic rings. The average Bonchev–Trinajstić information content (AvgIpc) is 2.89. The van der Waals surface area contributed by atoms with Crippen LogP contribution in [0.3, 0.4) is 0 Å². The highest BCUT2D eigenvalue weighted by molar-refractivity contribution is 5.96. The molecule has 1 unspecified atom stereocenters. The molecule has 1 atom stereocenters. The van der Waals surface area contributed by atoms with Crippen LogP contribution in [0.2, 0.25) is 0 Å². The zero-order chi connectivity index (χ0) is 16.7. The molecule has 0 aromatic heterocycles. The van der Waals surface area contributed by atoms with Crippen LogP contribution in [0.25, 0.3) is 0 Å². The van der Waals surface area contributed by atoms with Gasteiger partial charge in [-0.05, 0) is 37.3 Å². The lowest BCUT2D eigenvalue weighted by molar-refractivity contribution is -0.117. The molecule has 3 heteroatoms. The van der Waals surface area contributed by atoms with Gasteiger partial charge in [0, 0.05) is 17.7 Å². The van der Waals surface area contributed by atoms with E-state index >= 15 is 0 Å². The van der Waals surface area contributed by atoms with Crippen molar-refractivity contribution in [3.63, 3.8) is 0 Å². The van der Waals surface area contributed by atoms with Gasteiger partial charge in [0.2, 0.25) is 0 Å². The molecule has 0 radical (unpaired) electrons. The molecule has 3 nitrogen and oxygen atoms in total. The number of nitriles is 1. The molecule has 1 aromatic carbocycles. The number of hydrogen-bond acceptors (Lipinski definition) is 3. The predicted molar refractivity (Wildman–Crippen MR) is 94.0 cm³/mol. The van der Waals surface area contributed by atoms with Crippen LogP contribution in [0.15, 0.2) is 42.6 Å². The molecule has 0 amide bonds. The number of nitrogens with one attached hydrogen (secondary N) is 1. The molecular weight excluding hydrogens is 284 g/mol. The molecule has 1 N–H and O–H groups in total. The fraction of sp³-hybridized carbons (Fsp3) is 0.400. The summed E-state index contributed by atoms with van der Waals surface area (Å²) < 4.78 is 0. The Bertz CT molecular complexity index is 652. The van der Waals surface area contributed by atoms with Crippen LogP contribution in [0.5, 0.6) is 0 Å². The Hall–Kier alpha value is -2.34. The average molecular weight is 308 g/mol. The second-order valence-corrected chi connectivity index (χ2v) is 6.03. The number of hydrogen-bond donors (Lipinski definition) is 1. The maximum absolute atomic E-state index is 12.0. The highest BCUT2D eigenvalue weighted by atomic mass is 16.1. The quantitative estimate of drug-likeness (QED) is 0.557. The number of nitrogens with zero attached hydrogens (tertiary/aromatic N) is 1. The van der Waals surface area contributed by atoms with Gasteiger partial charge in [0.25, 0.3) is 0 Å². The van der Waals surface area contributed by atoms with E-state index < -0.39 is 0 Å². The van der Waals surface area contributed by atoms with Gasteiger partial charge in [-0.2, -0.15) is 5.26 Å². The lowest BCUT2D eigenvalue weighted by Gasteiger charge is -2.15. The Labute approximate surface area is 138 Å². The van der Waals surface area contributed by atoms with Crippen LogP contribution in [-0.2, 0) is 11.2 Å². The van der Waals surface area contributed by atoms with Crippen LogP contribution in [0, 0.1) is 17.2 Å². The summed E-state index contributed by atoms with van der Waals surface area (Å²) in [5.41, 5.74) is 3.56. The van der Waals surface area contributed by atoms with Crippen LogP contribution in [0.1, 0.15) is 50.2 Å². The van der Waals surface area contributed by atoms with E-state index in [2.05, 4.69) is 31.0 Å². The maximum Gasteiger partial charge on any atom is 0.161 e. The molecule has 0 spiro atoms. The number of benzene rings is 1. The van der Waals surface area contributed by atoms with Crippen LogP contribution in [-0.4, -0.2) is 5.78 Å². The maximum atomic E-state index is 12.0. The number of ketones is 1. The Morgan fingerprint density at radius 2 is 2.26 bits per heavy atom. The predicted octanol–water partition coefficient (Wildman–Crippen LogP) is 4.75. The Morgan fingerprint density at radius 3 is 2.96 bits per heavy atom. The molecule has 23 heavy (non-hydrogen) atoms. The number of para-hydroxylation sites is 1. The molecule has 0 bridgehead atoms. The summed E-state index contributed by atoms with van der Waals surface area (Å²) in [5.74, 6) is 0.141. The third-order valence-corrected chi connectivity index (χ3v) is 4.24. The fourth-order valence-corrected chi connectivity index (χ4v) is 2.98. The van der Waals surface area contributed by atoms with Crippen molar-refractivity contribution in [1.29, 1.82) is 5.26 Å². The lowest BCUT2D eigenvalue weighted by atomic mass is 10.0. The van der Waals surface area contributed by atoms with Gasteiger partial charge in [0.05, 0.1) is 11.3 Å². The fourth-order valence-electron chi connectivity index (χ4n) is 2.98.